The van der Waals surface area contributed by atoms with Crippen LogP contribution in [0.5, 0.6) is 0 Å². The van der Waals surface area contributed by atoms with Gasteiger partial charge in [0.15, 0.2) is 5.78 Å². The normalized spacial score (nSPS) is 10.3. The van der Waals surface area contributed by atoms with Gasteiger partial charge in [-0.25, -0.2) is 0 Å². The highest BCUT2D eigenvalue weighted by atomic mass is 79.9. The van der Waals surface area contributed by atoms with E-state index in [0.29, 0.717) is 21.3 Å². The van der Waals surface area contributed by atoms with Gasteiger partial charge in [0.25, 0.3) is 0 Å². The molecule has 0 aliphatic carbocycles. The van der Waals surface area contributed by atoms with Crippen molar-refractivity contribution in [2.45, 2.75) is 0 Å². The Morgan fingerprint density at radius 1 is 1.11 bits per heavy atom. The molecule has 98 valence electrons. The van der Waals surface area contributed by atoms with Crippen LogP contribution in [-0.4, -0.2) is 12.3 Å². The summed E-state index contributed by atoms with van der Waals surface area (Å²) >= 11 is 15.2. The molecule has 2 aromatic rings. The van der Waals surface area contributed by atoms with Gasteiger partial charge in [0.05, 0.1) is 17.3 Å². The van der Waals surface area contributed by atoms with Gasteiger partial charge in [0.1, 0.15) is 0 Å². The maximum absolute atomic E-state index is 12.0. The standard InChI is InChI=1S/C14H10BrCl2NO/c15-10-3-1-9(2-4-10)14(19)8-18-13-7-11(16)5-6-12(13)17/h1-7,18H,8H2. The first-order valence-electron chi connectivity index (χ1n) is 5.54. The highest BCUT2D eigenvalue weighted by Crippen LogP contribution is 2.25. The molecular formula is C14H10BrCl2NO. The summed E-state index contributed by atoms with van der Waals surface area (Å²) in [7, 11) is 0. The maximum Gasteiger partial charge on any atom is 0.181 e. The molecule has 2 aromatic carbocycles. The molecule has 0 aliphatic rings. The Kier molecular flexibility index (Phi) is 4.86. The fraction of sp³-hybridized carbons (Fsp3) is 0.0714. The van der Waals surface area contributed by atoms with Crippen molar-refractivity contribution in [3.8, 4) is 0 Å². The first-order chi connectivity index (χ1) is 9.06. The Labute approximate surface area is 129 Å². The van der Waals surface area contributed by atoms with E-state index in [9.17, 15) is 4.79 Å². The second-order valence-corrected chi connectivity index (χ2v) is 5.67. The smallest absolute Gasteiger partial charge is 0.181 e. The van der Waals surface area contributed by atoms with Gasteiger partial charge in [-0.2, -0.15) is 0 Å². The van der Waals surface area contributed by atoms with Crippen LogP contribution >= 0.6 is 39.1 Å². The number of benzene rings is 2. The number of hydrogen-bond donors (Lipinski definition) is 1. The number of rotatable bonds is 4. The van der Waals surface area contributed by atoms with Crippen molar-refractivity contribution < 1.29 is 4.79 Å². The van der Waals surface area contributed by atoms with Gasteiger partial charge in [0.2, 0.25) is 0 Å². The van der Waals surface area contributed by atoms with Crippen LogP contribution in [0.15, 0.2) is 46.9 Å². The molecule has 0 saturated carbocycles. The molecular weight excluding hydrogens is 349 g/mol. The lowest BCUT2D eigenvalue weighted by molar-refractivity contribution is 0.101. The van der Waals surface area contributed by atoms with Crippen LogP contribution < -0.4 is 5.32 Å². The fourth-order valence-electron chi connectivity index (χ4n) is 1.55. The zero-order valence-corrected chi connectivity index (χ0v) is 12.9. The zero-order chi connectivity index (χ0) is 13.8. The van der Waals surface area contributed by atoms with E-state index in [-0.39, 0.29) is 12.3 Å². The summed E-state index contributed by atoms with van der Waals surface area (Å²) in [6.07, 6.45) is 0. The predicted octanol–water partition coefficient (Wildman–Crippen LogP) is 5.05. The molecule has 0 fully saturated rings. The lowest BCUT2D eigenvalue weighted by atomic mass is 10.1. The summed E-state index contributed by atoms with van der Waals surface area (Å²) < 4.78 is 0.940. The number of nitrogens with one attached hydrogen (secondary N) is 1. The van der Waals surface area contributed by atoms with E-state index in [1.54, 1.807) is 30.3 Å². The van der Waals surface area contributed by atoms with Crippen molar-refractivity contribution in [2.24, 2.45) is 0 Å². The van der Waals surface area contributed by atoms with E-state index in [4.69, 9.17) is 23.2 Å². The lowest BCUT2D eigenvalue weighted by Crippen LogP contribution is -2.14. The van der Waals surface area contributed by atoms with Gasteiger partial charge in [-0.1, -0.05) is 51.3 Å². The summed E-state index contributed by atoms with van der Waals surface area (Å²) in [5.41, 5.74) is 1.30. The van der Waals surface area contributed by atoms with E-state index in [2.05, 4.69) is 21.2 Å². The Balaban J connectivity index is 2.04. The Morgan fingerprint density at radius 3 is 2.47 bits per heavy atom. The van der Waals surface area contributed by atoms with Gasteiger partial charge in [-0.15, -0.1) is 0 Å². The monoisotopic (exact) mass is 357 g/mol. The van der Waals surface area contributed by atoms with Crippen molar-refractivity contribution in [3.05, 3.63) is 62.5 Å². The molecule has 0 amide bonds. The average Bonchev–Trinajstić information content (AvgIpc) is 2.40. The lowest BCUT2D eigenvalue weighted by Gasteiger charge is -2.08. The summed E-state index contributed by atoms with van der Waals surface area (Å²) in [6.45, 7) is 0.168. The molecule has 19 heavy (non-hydrogen) atoms. The molecule has 0 bridgehead atoms. The van der Waals surface area contributed by atoms with Crippen molar-refractivity contribution in [2.75, 3.05) is 11.9 Å². The first kappa shape index (κ1) is 14.4. The number of carbonyl (C=O) groups excluding carboxylic acids is 1. The number of anilines is 1. The SMILES string of the molecule is O=C(CNc1cc(Cl)ccc1Cl)c1ccc(Br)cc1. The molecule has 0 aliphatic heterocycles. The van der Waals surface area contributed by atoms with E-state index in [0.717, 1.165) is 4.47 Å². The number of hydrogen-bond acceptors (Lipinski definition) is 2. The largest absolute Gasteiger partial charge is 0.376 e. The minimum atomic E-state index is -0.0106. The quantitative estimate of drug-likeness (QED) is 0.774. The van der Waals surface area contributed by atoms with E-state index in [1.807, 2.05) is 12.1 Å². The summed E-state index contributed by atoms with van der Waals surface area (Å²) in [6, 6.07) is 12.3. The third kappa shape index (κ3) is 3.96. The van der Waals surface area contributed by atoms with Crippen LogP contribution in [0.4, 0.5) is 5.69 Å². The van der Waals surface area contributed by atoms with Crippen LogP contribution in [0.3, 0.4) is 0 Å². The van der Waals surface area contributed by atoms with E-state index in [1.165, 1.54) is 0 Å². The third-order valence-electron chi connectivity index (χ3n) is 2.53. The molecule has 2 rings (SSSR count). The first-order valence-corrected chi connectivity index (χ1v) is 7.09. The van der Waals surface area contributed by atoms with Crippen LogP contribution in [0.25, 0.3) is 0 Å². The molecule has 1 N–H and O–H groups in total. The Bertz CT molecular complexity index is 599. The fourth-order valence-corrected chi connectivity index (χ4v) is 2.17. The van der Waals surface area contributed by atoms with Crippen LogP contribution in [0.2, 0.25) is 10.0 Å². The Morgan fingerprint density at radius 2 is 1.79 bits per heavy atom. The summed E-state index contributed by atoms with van der Waals surface area (Å²) in [5, 5.41) is 4.10. The second kappa shape index (κ2) is 6.42. The van der Waals surface area contributed by atoms with Crippen molar-refractivity contribution in [3.63, 3.8) is 0 Å². The molecule has 0 radical (unpaired) electrons. The second-order valence-electron chi connectivity index (χ2n) is 3.91. The summed E-state index contributed by atoms with van der Waals surface area (Å²) in [5.74, 6) is -0.0106. The van der Waals surface area contributed by atoms with Gasteiger partial charge in [-0.3, -0.25) is 4.79 Å². The number of ketones is 1. The van der Waals surface area contributed by atoms with Gasteiger partial charge < -0.3 is 5.32 Å². The van der Waals surface area contributed by atoms with Crippen molar-refractivity contribution in [1.29, 1.82) is 0 Å². The molecule has 0 unspecified atom stereocenters. The molecule has 0 heterocycles. The molecule has 0 aromatic heterocycles. The van der Waals surface area contributed by atoms with E-state index >= 15 is 0 Å². The van der Waals surface area contributed by atoms with Crippen molar-refractivity contribution in [1.82, 2.24) is 0 Å². The molecule has 0 saturated heterocycles. The highest BCUT2D eigenvalue weighted by Gasteiger charge is 2.07. The minimum absolute atomic E-state index is 0.0106. The average molecular weight is 359 g/mol. The predicted molar refractivity (Wildman–Crippen MR) is 83.4 cm³/mol. The number of halogens is 3. The summed E-state index contributed by atoms with van der Waals surface area (Å²) in [4.78, 5) is 12.0. The molecule has 5 heteroatoms. The van der Waals surface area contributed by atoms with Crippen LogP contribution in [0, 0.1) is 0 Å². The topological polar surface area (TPSA) is 29.1 Å². The maximum atomic E-state index is 12.0. The third-order valence-corrected chi connectivity index (χ3v) is 3.63. The minimum Gasteiger partial charge on any atom is -0.376 e. The van der Waals surface area contributed by atoms with Crippen molar-refractivity contribution >= 4 is 50.6 Å². The van der Waals surface area contributed by atoms with Gasteiger partial charge in [0, 0.05) is 15.1 Å². The highest BCUT2D eigenvalue weighted by molar-refractivity contribution is 9.10. The number of carbonyl (C=O) groups is 1. The number of Topliss-reactive ketones (excluding diaryl/α,β-unsaturated/α-hetero) is 1. The van der Waals surface area contributed by atoms with Gasteiger partial charge >= 0.3 is 0 Å². The van der Waals surface area contributed by atoms with Crippen LogP contribution in [0.1, 0.15) is 10.4 Å². The van der Waals surface area contributed by atoms with Crippen LogP contribution in [-0.2, 0) is 0 Å². The van der Waals surface area contributed by atoms with E-state index < -0.39 is 0 Å². The van der Waals surface area contributed by atoms with Gasteiger partial charge in [-0.05, 0) is 30.3 Å². The molecule has 0 atom stereocenters. The zero-order valence-electron chi connectivity index (χ0n) is 9.79. The molecule has 0 spiro atoms. The molecule has 2 nitrogen and oxygen atoms in total. The Hall–Kier alpha value is -1.03.